The zero-order valence-corrected chi connectivity index (χ0v) is 12.5. The number of hydrogen-bond acceptors (Lipinski definition) is 2. The molecule has 0 amide bonds. The lowest BCUT2D eigenvalue weighted by atomic mass is 9.97. The molecule has 0 radical (unpaired) electrons. The van der Waals surface area contributed by atoms with Crippen LogP contribution in [-0.4, -0.2) is 19.7 Å². The summed E-state index contributed by atoms with van der Waals surface area (Å²) in [5.74, 6) is 2.42. The Balaban J connectivity index is 1.86. The highest BCUT2D eigenvalue weighted by Crippen LogP contribution is 2.25. The number of aryl methyl sites for hydroxylation is 1. The fraction of sp³-hybridized carbons (Fsp3) is 0.647. The molecule has 0 aromatic heterocycles. The van der Waals surface area contributed by atoms with Crippen molar-refractivity contribution in [3.05, 3.63) is 29.3 Å². The summed E-state index contributed by atoms with van der Waals surface area (Å²) in [6, 6.07) is 6.59. The molecule has 2 nitrogen and oxygen atoms in total. The molecule has 1 aliphatic rings. The highest BCUT2D eigenvalue weighted by atomic mass is 16.5. The second kappa shape index (κ2) is 6.95. The summed E-state index contributed by atoms with van der Waals surface area (Å²) in [5.41, 5.74) is 2.60. The lowest BCUT2D eigenvalue weighted by Crippen LogP contribution is -2.30. The fourth-order valence-corrected chi connectivity index (χ4v) is 2.64. The summed E-state index contributed by atoms with van der Waals surface area (Å²) in [6.45, 7) is 9.77. The smallest absolute Gasteiger partial charge is 0.122 e. The van der Waals surface area contributed by atoms with Gasteiger partial charge in [-0.15, -0.1) is 0 Å². The average Bonchev–Trinajstić information content (AvgIpc) is 2.42. The van der Waals surface area contributed by atoms with Gasteiger partial charge in [-0.25, -0.2) is 0 Å². The van der Waals surface area contributed by atoms with Crippen molar-refractivity contribution in [2.45, 2.75) is 46.0 Å². The molecule has 0 spiro atoms. The summed E-state index contributed by atoms with van der Waals surface area (Å²) in [5, 5.41) is 3.46. The second-order valence-electron chi connectivity index (χ2n) is 6.03. The summed E-state index contributed by atoms with van der Waals surface area (Å²) in [4.78, 5) is 0. The molecule has 1 atom stereocenters. The van der Waals surface area contributed by atoms with E-state index in [1.165, 1.54) is 36.9 Å². The molecular weight excluding hydrogens is 234 g/mol. The lowest BCUT2D eigenvalue weighted by molar-refractivity contribution is 0.253. The first-order chi connectivity index (χ1) is 9.16. The fourth-order valence-electron chi connectivity index (χ4n) is 2.64. The van der Waals surface area contributed by atoms with Gasteiger partial charge < -0.3 is 10.1 Å². The van der Waals surface area contributed by atoms with E-state index in [4.69, 9.17) is 4.74 Å². The molecule has 1 aromatic rings. The van der Waals surface area contributed by atoms with E-state index in [1.54, 1.807) is 0 Å². The van der Waals surface area contributed by atoms with Crippen LogP contribution in [0.1, 0.15) is 50.2 Å². The number of nitrogens with one attached hydrogen (secondary N) is 1. The van der Waals surface area contributed by atoms with Gasteiger partial charge in [-0.2, -0.15) is 0 Å². The van der Waals surface area contributed by atoms with Crippen molar-refractivity contribution in [2.24, 2.45) is 5.92 Å². The Kier molecular flexibility index (Phi) is 5.26. The van der Waals surface area contributed by atoms with Gasteiger partial charge in [-0.3, -0.25) is 0 Å². The third kappa shape index (κ3) is 4.24. The Bertz CT molecular complexity index is 394. The highest BCUT2D eigenvalue weighted by molar-refractivity contribution is 5.37. The molecule has 1 saturated heterocycles. The van der Waals surface area contributed by atoms with Crippen molar-refractivity contribution in [1.82, 2.24) is 5.32 Å². The normalized spacial score (nSPS) is 19.7. The van der Waals surface area contributed by atoms with Crippen molar-refractivity contribution in [3.63, 3.8) is 0 Å². The van der Waals surface area contributed by atoms with Gasteiger partial charge in [0.15, 0.2) is 0 Å². The average molecular weight is 261 g/mol. The van der Waals surface area contributed by atoms with E-state index >= 15 is 0 Å². The molecule has 19 heavy (non-hydrogen) atoms. The molecule has 1 N–H and O–H groups in total. The molecule has 1 aliphatic heterocycles. The van der Waals surface area contributed by atoms with E-state index in [1.807, 2.05) is 0 Å². The van der Waals surface area contributed by atoms with E-state index in [-0.39, 0.29) is 0 Å². The predicted octanol–water partition coefficient (Wildman–Crippen LogP) is 3.89. The third-order valence-electron chi connectivity index (χ3n) is 4.06. The van der Waals surface area contributed by atoms with Crippen molar-refractivity contribution in [3.8, 4) is 5.75 Å². The summed E-state index contributed by atoms with van der Waals surface area (Å²) in [6.07, 6.45) is 3.83. The molecule has 2 rings (SSSR count). The first-order valence-electron chi connectivity index (χ1n) is 7.61. The Morgan fingerprint density at radius 1 is 1.37 bits per heavy atom. The minimum absolute atomic E-state index is 0.561. The third-order valence-corrected chi connectivity index (χ3v) is 4.06. The zero-order valence-electron chi connectivity index (χ0n) is 12.5. The van der Waals surface area contributed by atoms with Crippen LogP contribution < -0.4 is 10.1 Å². The van der Waals surface area contributed by atoms with Gasteiger partial charge in [0.25, 0.3) is 0 Å². The van der Waals surface area contributed by atoms with Gasteiger partial charge in [0, 0.05) is 0 Å². The molecule has 1 heterocycles. The molecule has 0 bridgehead atoms. The van der Waals surface area contributed by atoms with Crippen molar-refractivity contribution in [2.75, 3.05) is 19.7 Å². The summed E-state index contributed by atoms with van der Waals surface area (Å²) >= 11 is 0. The minimum Gasteiger partial charge on any atom is -0.493 e. The van der Waals surface area contributed by atoms with Gasteiger partial charge >= 0.3 is 0 Å². The van der Waals surface area contributed by atoms with Crippen LogP contribution in [0.3, 0.4) is 0 Å². The topological polar surface area (TPSA) is 21.3 Å². The van der Waals surface area contributed by atoms with E-state index in [2.05, 4.69) is 44.3 Å². The van der Waals surface area contributed by atoms with Crippen LogP contribution in [0.4, 0.5) is 0 Å². The van der Waals surface area contributed by atoms with Crippen LogP contribution in [0.15, 0.2) is 18.2 Å². The monoisotopic (exact) mass is 261 g/mol. The molecular formula is C17H27NO. The zero-order chi connectivity index (χ0) is 13.7. The van der Waals surface area contributed by atoms with Gasteiger partial charge in [0.2, 0.25) is 0 Å². The van der Waals surface area contributed by atoms with Gasteiger partial charge in [-0.05, 0) is 68.3 Å². The Morgan fingerprint density at radius 3 is 2.89 bits per heavy atom. The first kappa shape index (κ1) is 14.4. The second-order valence-corrected chi connectivity index (χ2v) is 6.03. The first-order valence-corrected chi connectivity index (χ1v) is 7.61. The molecule has 0 saturated carbocycles. The SMILES string of the molecule is Cc1ccc(C(C)C)cc1OCC[C@H]1CCCNC1. The number of rotatable bonds is 5. The van der Waals surface area contributed by atoms with Crippen LogP contribution in [-0.2, 0) is 0 Å². The van der Waals surface area contributed by atoms with Crippen LogP contribution in [0, 0.1) is 12.8 Å². The Morgan fingerprint density at radius 2 is 2.21 bits per heavy atom. The number of benzene rings is 1. The van der Waals surface area contributed by atoms with Gasteiger partial charge in [0.05, 0.1) is 6.61 Å². The van der Waals surface area contributed by atoms with E-state index in [0.29, 0.717) is 5.92 Å². The van der Waals surface area contributed by atoms with Gasteiger partial charge in [-0.1, -0.05) is 26.0 Å². The quantitative estimate of drug-likeness (QED) is 0.868. The van der Waals surface area contributed by atoms with Crippen LogP contribution in [0.25, 0.3) is 0 Å². The van der Waals surface area contributed by atoms with E-state index < -0.39 is 0 Å². The minimum atomic E-state index is 0.561. The molecule has 2 heteroatoms. The van der Waals surface area contributed by atoms with E-state index in [0.717, 1.165) is 24.8 Å². The van der Waals surface area contributed by atoms with Crippen LogP contribution >= 0.6 is 0 Å². The van der Waals surface area contributed by atoms with Crippen molar-refractivity contribution >= 4 is 0 Å². The maximum atomic E-state index is 6.00. The highest BCUT2D eigenvalue weighted by Gasteiger charge is 2.13. The largest absolute Gasteiger partial charge is 0.493 e. The molecule has 0 unspecified atom stereocenters. The number of ether oxygens (including phenoxy) is 1. The summed E-state index contributed by atoms with van der Waals surface area (Å²) in [7, 11) is 0. The lowest BCUT2D eigenvalue weighted by Gasteiger charge is -2.23. The van der Waals surface area contributed by atoms with Crippen LogP contribution in [0.5, 0.6) is 5.75 Å². The standard InChI is InChI=1S/C17H27NO/c1-13(2)16-7-6-14(3)17(11-16)19-10-8-15-5-4-9-18-12-15/h6-7,11,13,15,18H,4-5,8-10,12H2,1-3H3/t15-/m1/s1. The van der Waals surface area contributed by atoms with Crippen LogP contribution in [0.2, 0.25) is 0 Å². The maximum Gasteiger partial charge on any atom is 0.122 e. The number of hydrogen-bond donors (Lipinski definition) is 1. The van der Waals surface area contributed by atoms with Crippen molar-refractivity contribution < 1.29 is 4.74 Å². The molecule has 0 aliphatic carbocycles. The Hall–Kier alpha value is -1.02. The maximum absolute atomic E-state index is 6.00. The molecule has 1 aromatic carbocycles. The molecule has 106 valence electrons. The predicted molar refractivity (Wildman–Crippen MR) is 81.0 cm³/mol. The summed E-state index contributed by atoms with van der Waals surface area (Å²) < 4.78 is 6.00. The van der Waals surface area contributed by atoms with Gasteiger partial charge in [0.1, 0.15) is 5.75 Å². The van der Waals surface area contributed by atoms with E-state index in [9.17, 15) is 0 Å². The molecule has 1 fully saturated rings. The Labute approximate surface area is 117 Å². The number of piperidine rings is 1. The van der Waals surface area contributed by atoms with Crippen molar-refractivity contribution in [1.29, 1.82) is 0 Å².